The Hall–Kier alpha value is -3.78. The first kappa shape index (κ1) is 21.9. The molecule has 0 aliphatic carbocycles. The smallest absolute Gasteiger partial charge is 0.407 e. The Morgan fingerprint density at radius 1 is 0.935 bits per heavy atom. The van der Waals surface area contributed by atoms with Crippen molar-refractivity contribution < 1.29 is 14.3 Å². The second kappa shape index (κ2) is 11.4. The fourth-order valence-electron chi connectivity index (χ4n) is 3.50. The number of hydrogen-bond donors (Lipinski definition) is 1. The lowest BCUT2D eigenvalue weighted by molar-refractivity contribution is 0.134. The van der Waals surface area contributed by atoms with Crippen molar-refractivity contribution in [2.45, 2.75) is 31.4 Å². The van der Waals surface area contributed by atoms with E-state index < -0.39 is 18.1 Å². The van der Waals surface area contributed by atoms with Crippen LogP contribution in [0.25, 0.3) is 0 Å². The van der Waals surface area contributed by atoms with Gasteiger partial charge < -0.3 is 14.8 Å². The van der Waals surface area contributed by atoms with Crippen LogP contribution in [0.4, 0.5) is 4.79 Å². The van der Waals surface area contributed by atoms with Crippen LogP contribution >= 0.6 is 0 Å². The van der Waals surface area contributed by atoms with Gasteiger partial charge in [0.25, 0.3) is 0 Å². The summed E-state index contributed by atoms with van der Waals surface area (Å²) < 4.78 is 10.9. The second-order valence-electron chi connectivity index (χ2n) is 7.19. The molecule has 0 saturated heterocycles. The van der Waals surface area contributed by atoms with Crippen molar-refractivity contribution in [3.05, 3.63) is 102 Å². The molecule has 1 N–H and O–H groups in total. The van der Waals surface area contributed by atoms with Crippen molar-refractivity contribution in [3.63, 3.8) is 0 Å². The molecule has 0 aliphatic heterocycles. The summed E-state index contributed by atoms with van der Waals surface area (Å²) in [6.07, 6.45) is 0.760. The number of methoxy groups -OCH3 is 1. The van der Waals surface area contributed by atoms with E-state index in [0.29, 0.717) is 12.2 Å². The van der Waals surface area contributed by atoms with Gasteiger partial charge in [0, 0.05) is 5.56 Å². The number of nitrogens with zero attached hydrogens (tertiary/aromatic N) is 1. The number of para-hydroxylation sites is 1. The van der Waals surface area contributed by atoms with Crippen molar-refractivity contribution in [1.29, 1.82) is 5.26 Å². The van der Waals surface area contributed by atoms with Crippen molar-refractivity contribution >= 4 is 6.09 Å². The zero-order chi connectivity index (χ0) is 21.9. The lowest BCUT2D eigenvalue weighted by Crippen LogP contribution is -2.39. The molecule has 5 nitrogen and oxygen atoms in total. The number of aryl methyl sites for hydroxylation is 1. The van der Waals surface area contributed by atoms with E-state index in [1.807, 2.05) is 84.9 Å². The molecule has 3 aromatic rings. The zero-order valence-electron chi connectivity index (χ0n) is 17.5. The van der Waals surface area contributed by atoms with Crippen LogP contribution in [0.1, 0.15) is 29.0 Å². The summed E-state index contributed by atoms with van der Waals surface area (Å²) in [5.74, 6) is 0.0438. The summed E-state index contributed by atoms with van der Waals surface area (Å²) >= 11 is 0. The second-order valence-corrected chi connectivity index (χ2v) is 7.19. The van der Waals surface area contributed by atoms with Crippen LogP contribution in [0.5, 0.6) is 5.75 Å². The molecular formula is C26H26N2O3. The molecular weight excluding hydrogens is 388 g/mol. The Kier molecular flexibility index (Phi) is 8.07. The average molecular weight is 415 g/mol. The number of nitrogens with one attached hydrogen (secondary N) is 1. The van der Waals surface area contributed by atoms with E-state index >= 15 is 0 Å². The average Bonchev–Trinajstić information content (AvgIpc) is 2.83. The van der Waals surface area contributed by atoms with E-state index in [1.165, 1.54) is 0 Å². The lowest BCUT2D eigenvalue weighted by atomic mass is 9.88. The molecule has 3 aromatic carbocycles. The molecule has 0 fully saturated rings. The highest BCUT2D eigenvalue weighted by molar-refractivity contribution is 5.68. The molecule has 31 heavy (non-hydrogen) atoms. The van der Waals surface area contributed by atoms with Gasteiger partial charge in [-0.2, -0.15) is 5.26 Å². The van der Waals surface area contributed by atoms with Gasteiger partial charge in [-0.3, -0.25) is 0 Å². The Bertz CT molecular complexity index is 1000. The predicted octanol–water partition coefficient (Wildman–Crippen LogP) is 5.23. The first-order valence-electron chi connectivity index (χ1n) is 10.2. The summed E-state index contributed by atoms with van der Waals surface area (Å²) in [6, 6.07) is 28.8. The number of carbonyl (C=O) groups excluding carboxylic acids is 1. The number of nitriles is 1. The molecule has 0 aliphatic rings. The van der Waals surface area contributed by atoms with Crippen molar-refractivity contribution in [1.82, 2.24) is 5.32 Å². The highest BCUT2D eigenvalue weighted by Gasteiger charge is 2.27. The van der Waals surface area contributed by atoms with Crippen LogP contribution < -0.4 is 10.1 Å². The topological polar surface area (TPSA) is 71.3 Å². The first-order valence-corrected chi connectivity index (χ1v) is 10.2. The van der Waals surface area contributed by atoms with Gasteiger partial charge >= 0.3 is 6.09 Å². The fourth-order valence-corrected chi connectivity index (χ4v) is 3.50. The van der Waals surface area contributed by atoms with E-state index in [4.69, 9.17) is 9.47 Å². The minimum absolute atomic E-state index is 0.171. The highest BCUT2D eigenvalue weighted by Crippen LogP contribution is 2.30. The maximum Gasteiger partial charge on any atom is 0.407 e. The number of carbonyl (C=O) groups is 1. The van der Waals surface area contributed by atoms with E-state index in [0.717, 1.165) is 23.1 Å². The van der Waals surface area contributed by atoms with E-state index in [1.54, 1.807) is 7.11 Å². The summed E-state index contributed by atoms with van der Waals surface area (Å²) in [5.41, 5.74) is 2.79. The minimum atomic E-state index is -0.580. The predicted molar refractivity (Wildman–Crippen MR) is 120 cm³/mol. The SMILES string of the molecule is COc1ccccc1[C@H](C#N)[C@@H](CCc1ccccc1)NC(=O)OCc1ccccc1. The fraction of sp³-hybridized carbons (Fsp3) is 0.231. The van der Waals surface area contributed by atoms with Gasteiger partial charge in [0.2, 0.25) is 0 Å². The Morgan fingerprint density at radius 3 is 2.19 bits per heavy atom. The molecule has 158 valence electrons. The standard InChI is InChI=1S/C26H26N2O3/c1-30-25-15-9-8-14-22(25)23(18-27)24(17-16-20-10-4-2-5-11-20)28-26(29)31-19-21-12-6-3-7-13-21/h2-15,23-24H,16-17,19H2,1H3,(H,28,29)/t23-,24+/m0/s1. The van der Waals surface area contributed by atoms with E-state index in [9.17, 15) is 10.1 Å². The molecule has 0 radical (unpaired) electrons. The van der Waals surface area contributed by atoms with Gasteiger partial charge in [0.05, 0.1) is 25.1 Å². The van der Waals surface area contributed by atoms with Crippen LogP contribution in [0.3, 0.4) is 0 Å². The third-order valence-corrected chi connectivity index (χ3v) is 5.12. The molecule has 3 rings (SSSR count). The summed E-state index contributed by atoms with van der Waals surface area (Å²) in [4.78, 5) is 12.6. The quantitative estimate of drug-likeness (QED) is 0.520. The third kappa shape index (κ3) is 6.35. The summed E-state index contributed by atoms with van der Waals surface area (Å²) in [7, 11) is 1.58. The molecule has 1 amide bonds. The van der Waals surface area contributed by atoms with Gasteiger partial charge in [0.1, 0.15) is 12.4 Å². The Labute approximate surface area is 183 Å². The van der Waals surface area contributed by atoms with Crippen LogP contribution in [0.2, 0.25) is 0 Å². The number of rotatable bonds is 9. The van der Waals surface area contributed by atoms with Crippen LogP contribution in [0, 0.1) is 11.3 Å². The molecule has 0 bridgehead atoms. The maximum absolute atomic E-state index is 12.6. The molecule has 0 spiro atoms. The summed E-state index contributed by atoms with van der Waals surface area (Å²) in [6.45, 7) is 0.171. The molecule has 5 heteroatoms. The van der Waals surface area contributed by atoms with Gasteiger partial charge in [-0.1, -0.05) is 78.9 Å². The molecule has 0 aromatic heterocycles. The number of benzene rings is 3. The number of ether oxygens (including phenoxy) is 2. The van der Waals surface area contributed by atoms with Gasteiger partial charge in [-0.05, 0) is 30.0 Å². The van der Waals surface area contributed by atoms with Gasteiger partial charge in [-0.25, -0.2) is 4.79 Å². The van der Waals surface area contributed by atoms with Crippen molar-refractivity contribution in [2.24, 2.45) is 0 Å². The Morgan fingerprint density at radius 2 is 1.55 bits per heavy atom. The van der Waals surface area contributed by atoms with Crippen LogP contribution in [0.15, 0.2) is 84.9 Å². The summed E-state index contributed by atoms with van der Waals surface area (Å²) in [5, 5.41) is 12.9. The third-order valence-electron chi connectivity index (χ3n) is 5.12. The minimum Gasteiger partial charge on any atom is -0.496 e. The molecule has 0 heterocycles. The van der Waals surface area contributed by atoms with E-state index in [-0.39, 0.29) is 6.61 Å². The van der Waals surface area contributed by atoms with Crippen LogP contribution in [-0.2, 0) is 17.8 Å². The van der Waals surface area contributed by atoms with E-state index in [2.05, 4.69) is 11.4 Å². The molecule has 2 atom stereocenters. The van der Waals surface area contributed by atoms with Crippen molar-refractivity contribution in [2.75, 3.05) is 7.11 Å². The monoisotopic (exact) mass is 414 g/mol. The lowest BCUT2D eigenvalue weighted by Gasteiger charge is -2.25. The van der Waals surface area contributed by atoms with Gasteiger partial charge in [0.15, 0.2) is 0 Å². The normalized spacial score (nSPS) is 12.3. The first-order chi connectivity index (χ1) is 15.2. The van der Waals surface area contributed by atoms with Crippen molar-refractivity contribution in [3.8, 4) is 11.8 Å². The maximum atomic E-state index is 12.6. The largest absolute Gasteiger partial charge is 0.496 e. The number of alkyl carbamates (subject to hydrolysis) is 1. The Balaban J connectivity index is 1.76. The number of amides is 1. The molecule has 0 unspecified atom stereocenters. The molecule has 0 saturated carbocycles. The van der Waals surface area contributed by atoms with Gasteiger partial charge in [-0.15, -0.1) is 0 Å². The van der Waals surface area contributed by atoms with Crippen LogP contribution in [-0.4, -0.2) is 19.2 Å². The zero-order valence-corrected chi connectivity index (χ0v) is 17.5. The number of hydrogen-bond acceptors (Lipinski definition) is 4. The highest BCUT2D eigenvalue weighted by atomic mass is 16.5.